The molecule has 232 valence electrons. The van der Waals surface area contributed by atoms with E-state index in [1.165, 1.54) is 19.2 Å². The summed E-state index contributed by atoms with van der Waals surface area (Å²) in [5.74, 6) is -4.24. The van der Waals surface area contributed by atoms with E-state index >= 15 is 0 Å². The number of nitro benzene ring substituents is 1. The van der Waals surface area contributed by atoms with Crippen molar-refractivity contribution in [2.75, 3.05) is 18.6 Å². The molecule has 2 atom stereocenters. The number of aromatic nitrogens is 2. The quantitative estimate of drug-likeness (QED) is 0.137. The molecule has 1 aliphatic carbocycles. The molecule has 1 aromatic heterocycles. The van der Waals surface area contributed by atoms with Crippen LogP contribution < -0.4 is 4.90 Å². The Morgan fingerprint density at radius 1 is 1.20 bits per heavy atom. The number of fused-ring (bicyclic) bond motifs is 1. The zero-order valence-corrected chi connectivity index (χ0v) is 25.0. The second-order valence-electron chi connectivity index (χ2n) is 12.1. The van der Waals surface area contributed by atoms with E-state index in [-0.39, 0.29) is 35.2 Å². The molecule has 2 aliphatic rings. The van der Waals surface area contributed by atoms with Gasteiger partial charge in [0.2, 0.25) is 5.78 Å². The minimum Gasteiger partial charge on any atom is -0.480 e. The van der Waals surface area contributed by atoms with Gasteiger partial charge in [-0.25, -0.2) is 9.48 Å². The zero-order chi connectivity index (χ0) is 31.6. The first-order valence-corrected chi connectivity index (χ1v) is 14.7. The van der Waals surface area contributed by atoms with Crippen LogP contribution in [0.3, 0.4) is 0 Å². The zero-order valence-electron chi connectivity index (χ0n) is 25.0. The summed E-state index contributed by atoms with van der Waals surface area (Å²) < 4.78 is 13.0. The van der Waals surface area contributed by atoms with Gasteiger partial charge >= 0.3 is 12.1 Å². The smallest absolute Gasteiger partial charge is 0.414 e. The number of carboxylic acids is 1. The number of hydrogen-bond donors (Lipinski definition) is 1. The average molecular weight is 605 g/mol. The Hall–Kier alpha value is -4.58. The lowest BCUT2D eigenvalue weighted by molar-refractivity contribution is -0.385. The van der Waals surface area contributed by atoms with Gasteiger partial charge in [-0.05, 0) is 61.6 Å². The Morgan fingerprint density at radius 3 is 2.61 bits per heavy atom. The third-order valence-corrected chi connectivity index (χ3v) is 8.38. The molecule has 1 saturated heterocycles. The van der Waals surface area contributed by atoms with Gasteiger partial charge in [-0.15, -0.1) is 0 Å². The Morgan fingerprint density at radius 2 is 1.95 bits per heavy atom. The summed E-state index contributed by atoms with van der Waals surface area (Å²) in [6.45, 7) is 4.84. The highest BCUT2D eigenvalue weighted by Crippen LogP contribution is 2.40. The summed E-state index contributed by atoms with van der Waals surface area (Å²) in [5, 5.41) is 27.1. The maximum atomic E-state index is 14.0. The molecule has 2 heterocycles. The average Bonchev–Trinajstić information content (AvgIpc) is 3.38. The monoisotopic (exact) mass is 604 g/mol. The van der Waals surface area contributed by atoms with E-state index in [4.69, 9.17) is 9.47 Å². The van der Waals surface area contributed by atoms with Crippen molar-refractivity contribution in [3.05, 3.63) is 86.7 Å². The highest BCUT2D eigenvalue weighted by Gasteiger charge is 2.41. The molecular formula is C32H36N4O8. The lowest BCUT2D eigenvalue weighted by Gasteiger charge is -2.32. The number of anilines is 1. The predicted octanol–water partition coefficient (Wildman–Crippen LogP) is 5.83. The van der Waals surface area contributed by atoms with Crippen molar-refractivity contribution in [3.63, 3.8) is 0 Å². The number of hydrogen-bond acceptors (Lipinski definition) is 8. The molecule has 2 aromatic carbocycles. The number of rotatable bonds is 9. The fourth-order valence-corrected chi connectivity index (χ4v) is 5.90. The van der Waals surface area contributed by atoms with E-state index in [0.29, 0.717) is 25.0 Å². The molecular weight excluding hydrogens is 568 g/mol. The molecule has 1 aliphatic heterocycles. The summed E-state index contributed by atoms with van der Waals surface area (Å²) in [5.41, 5.74) is 1.46. The first-order chi connectivity index (χ1) is 21.0. The molecule has 3 aromatic rings. The van der Waals surface area contributed by atoms with Gasteiger partial charge in [-0.3, -0.25) is 24.6 Å². The number of nitrogens with zero attached hydrogens (tertiary/aromatic N) is 4. The minimum absolute atomic E-state index is 0.000170. The fourth-order valence-electron chi connectivity index (χ4n) is 5.90. The Balaban J connectivity index is 1.47. The molecule has 0 bridgehead atoms. The van der Waals surface area contributed by atoms with Crippen molar-refractivity contribution in [1.29, 1.82) is 0 Å². The fraction of sp³-hybridized carbons (Fsp3) is 0.438. The van der Waals surface area contributed by atoms with Crippen molar-refractivity contribution in [2.24, 2.45) is 5.41 Å². The number of amides is 1. The van der Waals surface area contributed by atoms with Crippen molar-refractivity contribution >= 4 is 29.2 Å². The third kappa shape index (κ3) is 6.35. The normalized spacial score (nSPS) is 18.1. The molecule has 5 rings (SSSR count). The van der Waals surface area contributed by atoms with E-state index in [1.54, 1.807) is 28.9 Å². The molecule has 0 saturated carbocycles. The lowest BCUT2D eigenvalue weighted by Crippen LogP contribution is -2.28. The Labute approximate surface area is 254 Å². The summed E-state index contributed by atoms with van der Waals surface area (Å²) in [6, 6.07) is 12.7. The van der Waals surface area contributed by atoms with Gasteiger partial charge in [0.05, 0.1) is 16.2 Å². The molecule has 2 unspecified atom stereocenters. The number of nitro groups is 1. The number of benzene rings is 2. The maximum Gasteiger partial charge on any atom is 0.414 e. The number of ether oxygens (including phenoxy) is 2. The number of carbonyl (C=O) groups excluding carboxylic acids is 2. The van der Waals surface area contributed by atoms with E-state index in [2.05, 4.69) is 18.9 Å². The topological polar surface area (TPSA) is 154 Å². The van der Waals surface area contributed by atoms with Crippen LogP contribution in [-0.4, -0.2) is 51.3 Å². The van der Waals surface area contributed by atoms with Crippen molar-refractivity contribution in [2.45, 2.75) is 71.1 Å². The molecule has 44 heavy (non-hydrogen) atoms. The molecule has 12 heteroatoms. The summed E-state index contributed by atoms with van der Waals surface area (Å²) in [4.78, 5) is 51.9. The highest BCUT2D eigenvalue weighted by molar-refractivity contribution is 6.13. The van der Waals surface area contributed by atoms with Crippen LogP contribution in [0.4, 0.5) is 16.2 Å². The van der Waals surface area contributed by atoms with Gasteiger partial charge in [-0.2, -0.15) is 5.10 Å². The number of ketones is 1. The Kier molecular flexibility index (Phi) is 8.82. The molecule has 1 fully saturated rings. The maximum absolute atomic E-state index is 14.0. The van der Waals surface area contributed by atoms with Crippen LogP contribution in [0.1, 0.15) is 84.5 Å². The lowest BCUT2D eigenvalue weighted by atomic mass is 9.75. The second-order valence-corrected chi connectivity index (χ2v) is 12.1. The number of carbonyl (C=O) groups is 3. The highest BCUT2D eigenvalue weighted by atomic mass is 16.6. The van der Waals surface area contributed by atoms with Crippen LogP contribution in [0.5, 0.6) is 0 Å². The van der Waals surface area contributed by atoms with E-state index in [0.717, 1.165) is 47.9 Å². The number of carboxylic acid groups (broad SMARTS) is 1. The van der Waals surface area contributed by atoms with E-state index in [1.807, 2.05) is 6.07 Å². The first-order valence-electron chi connectivity index (χ1n) is 14.7. The van der Waals surface area contributed by atoms with Gasteiger partial charge in [0.25, 0.3) is 5.69 Å². The van der Waals surface area contributed by atoms with Crippen molar-refractivity contribution in [3.8, 4) is 0 Å². The van der Waals surface area contributed by atoms with Crippen LogP contribution in [0, 0.1) is 15.5 Å². The molecule has 0 spiro atoms. The summed E-state index contributed by atoms with van der Waals surface area (Å²) in [7, 11) is 1.39. The van der Waals surface area contributed by atoms with Crippen LogP contribution in [-0.2, 0) is 33.7 Å². The SMILES string of the molecule is CN(C(=O)OCc1ccccc1)c1ccc(C(C(=O)O)C(=O)c2nn(C3CCCCO3)c3c2CCC(C)(C)C3)c([N+](=O)[O-])c1. The molecule has 0 radical (unpaired) electrons. The largest absolute Gasteiger partial charge is 0.480 e. The van der Waals surface area contributed by atoms with Crippen LogP contribution in [0.2, 0.25) is 0 Å². The van der Waals surface area contributed by atoms with Crippen LogP contribution in [0.15, 0.2) is 48.5 Å². The van der Waals surface area contributed by atoms with Crippen LogP contribution in [0.25, 0.3) is 0 Å². The minimum atomic E-state index is -1.88. The summed E-state index contributed by atoms with van der Waals surface area (Å²) in [6.07, 6.45) is 3.42. The summed E-state index contributed by atoms with van der Waals surface area (Å²) >= 11 is 0. The van der Waals surface area contributed by atoms with Gasteiger partial charge in [0.1, 0.15) is 18.5 Å². The van der Waals surface area contributed by atoms with Crippen LogP contribution >= 0.6 is 0 Å². The molecule has 12 nitrogen and oxygen atoms in total. The van der Waals surface area contributed by atoms with Gasteiger partial charge in [0, 0.05) is 31.0 Å². The van der Waals surface area contributed by atoms with Gasteiger partial charge in [0.15, 0.2) is 5.92 Å². The van der Waals surface area contributed by atoms with Gasteiger partial charge < -0.3 is 14.6 Å². The van der Waals surface area contributed by atoms with Crippen molar-refractivity contribution < 1.29 is 33.9 Å². The van der Waals surface area contributed by atoms with E-state index < -0.39 is 34.4 Å². The first kappa shape index (κ1) is 30.9. The molecule has 1 amide bonds. The molecule has 1 N–H and O–H groups in total. The van der Waals surface area contributed by atoms with Crippen molar-refractivity contribution in [1.82, 2.24) is 9.78 Å². The van der Waals surface area contributed by atoms with E-state index in [9.17, 15) is 29.6 Å². The number of aliphatic carboxylic acids is 1. The Bertz CT molecular complexity index is 1580. The number of Topliss-reactive ketones (excluding diaryl/α,β-unsaturated/α-hetero) is 1. The standard InChI is InChI=1S/C32H36N4O8/c1-32(2)15-14-23-25(18-32)35(26-11-7-8-16-43-26)33-28(23)29(37)27(30(38)39)22-13-12-21(17-24(22)36(41)42)34(3)31(40)44-19-20-9-5-4-6-10-20/h4-6,9-10,12-13,17,26-27H,7-8,11,14-16,18-19H2,1-3H3,(H,38,39). The third-order valence-electron chi connectivity index (χ3n) is 8.38. The predicted molar refractivity (Wildman–Crippen MR) is 160 cm³/mol. The second kappa shape index (κ2) is 12.6. The van der Waals surface area contributed by atoms with Gasteiger partial charge in [-0.1, -0.05) is 44.2 Å².